The van der Waals surface area contributed by atoms with Crippen molar-refractivity contribution in [3.8, 4) is 5.69 Å². The Kier molecular flexibility index (Phi) is 7.08. The summed E-state index contributed by atoms with van der Waals surface area (Å²) in [5, 5.41) is 5.33. The SMILES string of the molecule is C=C(C)CN=C1NN=C(c2cc(C)n(-c3cccc(S(=O)(=O)N4CCOCC4)c3)c2C)CS1. The first-order valence-corrected chi connectivity index (χ1v) is 13.2. The zero-order valence-electron chi connectivity index (χ0n) is 19.2. The summed E-state index contributed by atoms with van der Waals surface area (Å²) in [6, 6.07) is 9.21. The van der Waals surface area contributed by atoms with Crippen molar-refractivity contribution in [3.05, 3.63) is 59.4 Å². The predicted molar refractivity (Wildman–Crippen MR) is 134 cm³/mol. The zero-order valence-corrected chi connectivity index (χ0v) is 20.8. The molecule has 0 aliphatic carbocycles. The molecule has 33 heavy (non-hydrogen) atoms. The number of amidine groups is 1. The van der Waals surface area contributed by atoms with Crippen LogP contribution in [0.25, 0.3) is 5.69 Å². The average molecular weight is 488 g/mol. The molecule has 1 fully saturated rings. The lowest BCUT2D eigenvalue weighted by atomic mass is 10.1. The minimum absolute atomic E-state index is 0.293. The van der Waals surface area contributed by atoms with Crippen molar-refractivity contribution >= 4 is 32.7 Å². The van der Waals surface area contributed by atoms with Crippen molar-refractivity contribution in [2.24, 2.45) is 10.1 Å². The van der Waals surface area contributed by atoms with Crippen LogP contribution in [0.4, 0.5) is 0 Å². The summed E-state index contributed by atoms with van der Waals surface area (Å²) in [7, 11) is -3.57. The van der Waals surface area contributed by atoms with Crippen LogP contribution in [0.5, 0.6) is 0 Å². The Bertz CT molecular complexity index is 1220. The Morgan fingerprint density at radius 3 is 2.70 bits per heavy atom. The molecule has 1 aromatic carbocycles. The van der Waals surface area contributed by atoms with E-state index in [4.69, 9.17) is 4.74 Å². The van der Waals surface area contributed by atoms with Crippen molar-refractivity contribution < 1.29 is 13.2 Å². The second-order valence-electron chi connectivity index (χ2n) is 8.17. The maximum absolute atomic E-state index is 13.1. The summed E-state index contributed by atoms with van der Waals surface area (Å²) in [5.74, 6) is 0.706. The molecule has 0 bridgehead atoms. The van der Waals surface area contributed by atoms with Gasteiger partial charge in [-0.05, 0) is 45.0 Å². The molecule has 8 nitrogen and oxygen atoms in total. The number of sulfonamides is 1. The predicted octanol–water partition coefficient (Wildman–Crippen LogP) is 3.09. The minimum atomic E-state index is -3.57. The Labute approximate surface area is 199 Å². The van der Waals surface area contributed by atoms with Crippen LogP contribution >= 0.6 is 11.8 Å². The van der Waals surface area contributed by atoms with E-state index in [0.29, 0.717) is 43.5 Å². The smallest absolute Gasteiger partial charge is 0.243 e. The highest BCUT2D eigenvalue weighted by Gasteiger charge is 2.27. The standard InChI is InChI=1S/C23H29N5O3S2/c1-16(2)14-24-23-26-25-22(15-32-23)21-12-17(3)28(18(21)4)19-6-5-7-20(13-19)33(29,30)27-8-10-31-11-9-27/h5-7,12-13H,1,8-11,14-15H2,2-4H3,(H,24,26). The van der Waals surface area contributed by atoms with Gasteiger partial charge in [0.25, 0.3) is 0 Å². The van der Waals surface area contributed by atoms with Crippen LogP contribution in [0.15, 0.2) is 57.5 Å². The summed E-state index contributed by atoms with van der Waals surface area (Å²) in [6.45, 7) is 12.0. The molecular formula is C23H29N5O3S2. The van der Waals surface area contributed by atoms with Gasteiger partial charge in [-0.25, -0.2) is 8.42 Å². The van der Waals surface area contributed by atoms with Gasteiger partial charge in [0.05, 0.1) is 30.4 Å². The second-order valence-corrected chi connectivity index (χ2v) is 11.1. The van der Waals surface area contributed by atoms with E-state index in [1.807, 2.05) is 26.8 Å². The number of rotatable bonds is 6. The molecule has 176 valence electrons. The van der Waals surface area contributed by atoms with Gasteiger partial charge in [0.15, 0.2) is 5.17 Å². The third kappa shape index (κ3) is 5.08. The number of nitrogens with zero attached hydrogens (tertiary/aromatic N) is 4. The minimum Gasteiger partial charge on any atom is -0.379 e. The molecule has 2 aliphatic heterocycles. The number of nitrogens with one attached hydrogen (secondary N) is 1. The van der Waals surface area contributed by atoms with Crippen LogP contribution in [0.3, 0.4) is 0 Å². The Hall–Kier alpha value is -2.40. The molecular weight excluding hydrogens is 458 g/mol. The fourth-order valence-corrected chi connectivity index (χ4v) is 6.12. The number of morpholine rings is 1. The molecule has 0 atom stereocenters. The molecule has 4 rings (SSSR count). The van der Waals surface area contributed by atoms with Crippen LogP contribution in [-0.4, -0.2) is 66.8 Å². The summed E-state index contributed by atoms with van der Waals surface area (Å²) in [6.07, 6.45) is 0. The van der Waals surface area contributed by atoms with Gasteiger partial charge in [0.1, 0.15) is 0 Å². The number of hydrogen-bond acceptors (Lipinski definition) is 6. The van der Waals surface area contributed by atoms with Gasteiger partial charge in [-0.3, -0.25) is 10.4 Å². The fraction of sp³-hybridized carbons (Fsp3) is 0.391. The second kappa shape index (κ2) is 9.84. The average Bonchev–Trinajstić information content (AvgIpc) is 3.12. The van der Waals surface area contributed by atoms with Crippen LogP contribution in [0, 0.1) is 13.8 Å². The van der Waals surface area contributed by atoms with E-state index in [2.05, 4.69) is 32.7 Å². The monoisotopic (exact) mass is 487 g/mol. The first kappa shape index (κ1) is 23.7. The van der Waals surface area contributed by atoms with Crippen LogP contribution in [-0.2, 0) is 14.8 Å². The number of aromatic nitrogens is 1. The van der Waals surface area contributed by atoms with Crippen LogP contribution in [0.1, 0.15) is 23.9 Å². The van der Waals surface area contributed by atoms with Gasteiger partial charge in [-0.15, -0.1) is 0 Å². The maximum atomic E-state index is 13.1. The first-order chi connectivity index (χ1) is 15.8. The van der Waals surface area contributed by atoms with Crippen molar-refractivity contribution in [2.75, 3.05) is 38.6 Å². The van der Waals surface area contributed by atoms with E-state index in [0.717, 1.165) is 39.1 Å². The lowest BCUT2D eigenvalue weighted by molar-refractivity contribution is 0.0730. The topological polar surface area (TPSA) is 88.3 Å². The highest BCUT2D eigenvalue weighted by molar-refractivity contribution is 8.14. The lowest BCUT2D eigenvalue weighted by Crippen LogP contribution is -2.40. The number of aliphatic imine (C=N–C) groups is 1. The van der Waals surface area contributed by atoms with E-state index in [1.165, 1.54) is 4.31 Å². The fourth-order valence-electron chi connectivity index (χ4n) is 3.91. The normalized spacial score (nSPS) is 18.8. The van der Waals surface area contributed by atoms with E-state index < -0.39 is 10.0 Å². The third-order valence-electron chi connectivity index (χ3n) is 5.55. The van der Waals surface area contributed by atoms with Crippen molar-refractivity contribution in [1.82, 2.24) is 14.3 Å². The number of thioether (sulfide) groups is 1. The number of hydrogen-bond donors (Lipinski definition) is 1. The molecule has 2 aromatic rings. The molecule has 1 N–H and O–H groups in total. The Morgan fingerprint density at radius 1 is 1.27 bits per heavy atom. The molecule has 0 spiro atoms. The maximum Gasteiger partial charge on any atom is 0.243 e. The quantitative estimate of drug-likeness (QED) is 0.633. The lowest BCUT2D eigenvalue weighted by Gasteiger charge is -2.26. The van der Waals surface area contributed by atoms with E-state index in [1.54, 1.807) is 30.0 Å². The molecule has 2 aliphatic rings. The summed E-state index contributed by atoms with van der Waals surface area (Å²) < 4.78 is 35.1. The number of benzene rings is 1. The number of hydrazone groups is 1. The van der Waals surface area contributed by atoms with Crippen molar-refractivity contribution in [3.63, 3.8) is 0 Å². The number of aryl methyl sites for hydroxylation is 1. The van der Waals surface area contributed by atoms with Crippen LogP contribution < -0.4 is 5.43 Å². The third-order valence-corrected chi connectivity index (χ3v) is 8.36. The Morgan fingerprint density at radius 2 is 2.03 bits per heavy atom. The highest BCUT2D eigenvalue weighted by Crippen LogP contribution is 2.26. The largest absolute Gasteiger partial charge is 0.379 e. The number of ether oxygens (including phenoxy) is 1. The van der Waals surface area contributed by atoms with Crippen LogP contribution in [0.2, 0.25) is 0 Å². The molecule has 1 aromatic heterocycles. The van der Waals surface area contributed by atoms with Crippen molar-refractivity contribution in [2.45, 2.75) is 25.7 Å². The van der Waals surface area contributed by atoms with E-state index in [9.17, 15) is 8.42 Å². The highest BCUT2D eigenvalue weighted by atomic mass is 32.2. The Balaban J connectivity index is 1.62. The molecule has 0 amide bonds. The van der Waals surface area contributed by atoms with Gasteiger partial charge in [-0.1, -0.05) is 30.0 Å². The van der Waals surface area contributed by atoms with E-state index in [-0.39, 0.29) is 0 Å². The molecule has 1 saturated heterocycles. The van der Waals surface area contributed by atoms with Gasteiger partial charge in [0, 0.05) is 41.5 Å². The molecule has 0 unspecified atom stereocenters. The summed E-state index contributed by atoms with van der Waals surface area (Å²) >= 11 is 1.61. The van der Waals surface area contributed by atoms with Gasteiger partial charge in [0.2, 0.25) is 10.0 Å². The molecule has 10 heteroatoms. The first-order valence-electron chi connectivity index (χ1n) is 10.8. The summed E-state index contributed by atoms with van der Waals surface area (Å²) in [5.41, 5.74) is 8.85. The van der Waals surface area contributed by atoms with E-state index >= 15 is 0 Å². The van der Waals surface area contributed by atoms with Gasteiger partial charge in [-0.2, -0.15) is 9.41 Å². The molecule has 3 heterocycles. The summed E-state index contributed by atoms with van der Waals surface area (Å²) in [4.78, 5) is 4.76. The van der Waals surface area contributed by atoms with Crippen molar-refractivity contribution in [1.29, 1.82) is 0 Å². The zero-order chi connectivity index (χ0) is 23.6. The molecule has 0 saturated carbocycles. The molecule has 0 radical (unpaired) electrons. The van der Waals surface area contributed by atoms with Gasteiger partial charge < -0.3 is 9.30 Å². The van der Waals surface area contributed by atoms with Gasteiger partial charge >= 0.3 is 0 Å².